The predicted molar refractivity (Wildman–Crippen MR) is 120 cm³/mol. The molecule has 1 aliphatic heterocycles. The molecule has 1 aromatic heterocycles. The second-order valence-corrected chi connectivity index (χ2v) is 8.88. The Morgan fingerprint density at radius 3 is 2.77 bits per heavy atom. The molecule has 1 fully saturated rings. The summed E-state index contributed by atoms with van der Waals surface area (Å²) in [7, 11) is 3.86. The molecule has 166 valence electrons. The van der Waals surface area contributed by atoms with E-state index in [1.807, 2.05) is 12.1 Å². The first kappa shape index (κ1) is 21.6. The minimum absolute atomic E-state index is 0.0541. The average molecular weight is 425 g/mol. The first-order valence-electron chi connectivity index (χ1n) is 11.3. The summed E-state index contributed by atoms with van der Waals surface area (Å²) >= 11 is 0. The van der Waals surface area contributed by atoms with Gasteiger partial charge in [0.1, 0.15) is 0 Å². The summed E-state index contributed by atoms with van der Waals surface area (Å²) in [4.78, 5) is 25.3. The number of nitrogens with zero attached hydrogens (tertiary/aromatic N) is 2. The Labute approximate surface area is 183 Å². The summed E-state index contributed by atoms with van der Waals surface area (Å²) in [5.41, 5.74) is 6.13. The summed E-state index contributed by atoms with van der Waals surface area (Å²) in [5, 5.41) is 10.0. The number of aliphatic carboxylic acids is 1. The fraction of sp³-hybridized carbons (Fsp3) is 0.520. The zero-order valence-electron chi connectivity index (χ0n) is 18.5. The van der Waals surface area contributed by atoms with E-state index in [2.05, 4.69) is 23.8 Å². The first-order valence-corrected chi connectivity index (χ1v) is 11.3. The van der Waals surface area contributed by atoms with Gasteiger partial charge in [-0.2, -0.15) is 0 Å². The lowest BCUT2D eigenvalue weighted by molar-refractivity contribution is -0.137. The summed E-state index contributed by atoms with van der Waals surface area (Å²) in [6, 6.07) is 5.98. The van der Waals surface area contributed by atoms with Crippen LogP contribution in [0.5, 0.6) is 0 Å². The number of carbonyl (C=O) groups excluding carboxylic acids is 1. The van der Waals surface area contributed by atoms with Crippen LogP contribution in [0, 0.1) is 5.92 Å². The van der Waals surface area contributed by atoms with Gasteiger partial charge in [0.05, 0.1) is 13.2 Å². The van der Waals surface area contributed by atoms with E-state index in [4.69, 9.17) is 9.84 Å². The molecule has 4 rings (SSSR count). The maximum absolute atomic E-state index is 12.9. The van der Waals surface area contributed by atoms with Gasteiger partial charge in [-0.05, 0) is 68.2 Å². The van der Waals surface area contributed by atoms with Crippen molar-refractivity contribution >= 4 is 22.8 Å². The van der Waals surface area contributed by atoms with Gasteiger partial charge in [0, 0.05) is 49.2 Å². The quantitative estimate of drug-likeness (QED) is 0.713. The monoisotopic (exact) mass is 424 g/mol. The van der Waals surface area contributed by atoms with Crippen LogP contribution in [0.1, 0.15) is 53.7 Å². The standard InChI is InChI=1S/C25H32N2O4/c1-26(11-3-4-24(28)29)25(30)19-6-8-23-21(16-19)20-15-18(5-7-22(20)27(23)2)14-17-9-12-31-13-10-17/h6,8,14,16,18H,3-5,7,9-13,15H2,1-2H3,(H,28,29). The molecule has 1 amide bonds. The highest BCUT2D eigenvalue weighted by Crippen LogP contribution is 2.35. The van der Waals surface area contributed by atoms with Gasteiger partial charge >= 0.3 is 5.97 Å². The van der Waals surface area contributed by atoms with E-state index in [1.54, 1.807) is 11.9 Å². The number of amides is 1. The van der Waals surface area contributed by atoms with Gasteiger partial charge in [0.25, 0.3) is 5.91 Å². The molecule has 2 aliphatic rings. The Bertz CT molecular complexity index is 1010. The highest BCUT2D eigenvalue weighted by atomic mass is 16.5. The summed E-state index contributed by atoms with van der Waals surface area (Å²) in [6.07, 6.45) is 8.35. The van der Waals surface area contributed by atoms with E-state index in [1.165, 1.54) is 34.2 Å². The molecule has 2 aromatic rings. The van der Waals surface area contributed by atoms with E-state index in [0.717, 1.165) is 38.9 Å². The van der Waals surface area contributed by atoms with Crippen molar-refractivity contribution in [3.8, 4) is 0 Å². The fourth-order valence-electron chi connectivity index (χ4n) is 5.00. The summed E-state index contributed by atoms with van der Waals surface area (Å²) in [6.45, 7) is 2.11. The number of fused-ring (bicyclic) bond motifs is 3. The normalized spacial score (nSPS) is 18.6. The Kier molecular flexibility index (Phi) is 6.46. The highest BCUT2D eigenvalue weighted by molar-refractivity contribution is 5.99. The SMILES string of the molecule is CN(CCCC(=O)O)C(=O)c1ccc2c(c1)c1c(n2C)CCC(C=C2CCOCC2)C1. The molecule has 1 aromatic carbocycles. The fourth-order valence-corrected chi connectivity index (χ4v) is 5.00. The van der Waals surface area contributed by atoms with E-state index in [0.29, 0.717) is 24.4 Å². The lowest BCUT2D eigenvalue weighted by Gasteiger charge is -2.23. The van der Waals surface area contributed by atoms with Crippen LogP contribution in [0.25, 0.3) is 10.9 Å². The highest BCUT2D eigenvalue weighted by Gasteiger charge is 2.25. The Morgan fingerprint density at radius 1 is 1.26 bits per heavy atom. The second kappa shape index (κ2) is 9.27. The van der Waals surface area contributed by atoms with Gasteiger partial charge in [-0.15, -0.1) is 0 Å². The first-order chi connectivity index (χ1) is 14.9. The topological polar surface area (TPSA) is 71.8 Å². The maximum Gasteiger partial charge on any atom is 0.303 e. The van der Waals surface area contributed by atoms with Crippen molar-refractivity contribution in [1.82, 2.24) is 9.47 Å². The third-order valence-electron chi connectivity index (χ3n) is 6.74. The third kappa shape index (κ3) is 4.69. The average Bonchev–Trinajstić information content (AvgIpc) is 3.04. The molecule has 1 aliphatic carbocycles. The molecule has 0 saturated carbocycles. The molecule has 1 saturated heterocycles. The van der Waals surface area contributed by atoms with Crippen LogP contribution >= 0.6 is 0 Å². The van der Waals surface area contributed by atoms with Crippen LogP contribution < -0.4 is 0 Å². The largest absolute Gasteiger partial charge is 0.481 e. The third-order valence-corrected chi connectivity index (χ3v) is 6.74. The summed E-state index contributed by atoms with van der Waals surface area (Å²) in [5.74, 6) is -0.339. The van der Waals surface area contributed by atoms with Crippen LogP contribution in [0.15, 0.2) is 29.8 Å². The minimum atomic E-state index is -0.830. The number of benzene rings is 1. The van der Waals surface area contributed by atoms with Crippen molar-refractivity contribution < 1.29 is 19.4 Å². The van der Waals surface area contributed by atoms with Crippen LogP contribution in [0.4, 0.5) is 0 Å². The molecule has 0 radical (unpaired) electrons. The zero-order chi connectivity index (χ0) is 22.0. The number of allylic oxidation sites excluding steroid dienone is 1. The molecule has 1 N–H and O–H groups in total. The van der Waals surface area contributed by atoms with E-state index in [9.17, 15) is 9.59 Å². The Hall–Kier alpha value is -2.60. The van der Waals surface area contributed by atoms with Gasteiger partial charge in [-0.3, -0.25) is 9.59 Å². The molecule has 31 heavy (non-hydrogen) atoms. The molecule has 6 nitrogen and oxygen atoms in total. The number of aryl methyl sites for hydroxylation is 1. The molecule has 0 bridgehead atoms. The van der Waals surface area contributed by atoms with Gasteiger partial charge < -0.3 is 19.3 Å². The van der Waals surface area contributed by atoms with Crippen LogP contribution in [-0.2, 0) is 29.4 Å². The van der Waals surface area contributed by atoms with E-state index in [-0.39, 0.29) is 12.3 Å². The van der Waals surface area contributed by atoms with Crippen molar-refractivity contribution in [2.24, 2.45) is 13.0 Å². The lowest BCUT2D eigenvalue weighted by atomic mass is 9.84. The van der Waals surface area contributed by atoms with Crippen LogP contribution in [0.2, 0.25) is 0 Å². The summed E-state index contributed by atoms with van der Waals surface area (Å²) < 4.78 is 7.77. The molecule has 2 heterocycles. The molecular formula is C25H32N2O4. The molecule has 6 heteroatoms. The molecular weight excluding hydrogens is 392 g/mol. The number of carbonyl (C=O) groups is 2. The Balaban J connectivity index is 1.56. The smallest absolute Gasteiger partial charge is 0.303 e. The molecule has 1 atom stereocenters. The molecule has 1 unspecified atom stereocenters. The predicted octanol–water partition coefficient (Wildman–Crippen LogP) is 3.96. The minimum Gasteiger partial charge on any atom is -0.481 e. The number of hydrogen-bond acceptors (Lipinski definition) is 3. The van der Waals surface area contributed by atoms with Crippen LogP contribution in [-0.4, -0.2) is 53.3 Å². The van der Waals surface area contributed by atoms with Crippen molar-refractivity contribution in [2.75, 3.05) is 26.8 Å². The number of rotatable bonds is 6. The maximum atomic E-state index is 12.9. The van der Waals surface area contributed by atoms with Gasteiger partial charge in [0.15, 0.2) is 0 Å². The van der Waals surface area contributed by atoms with Crippen molar-refractivity contribution in [3.63, 3.8) is 0 Å². The van der Waals surface area contributed by atoms with Crippen molar-refractivity contribution in [3.05, 3.63) is 46.7 Å². The Morgan fingerprint density at radius 2 is 2.03 bits per heavy atom. The number of hydrogen-bond donors (Lipinski definition) is 1. The van der Waals surface area contributed by atoms with E-state index < -0.39 is 5.97 Å². The number of carboxylic acids is 1. The zero-order valence-corrected chi connectivity index (χ0v) is 18.5. The van der Waals surface area contributed by atoms with Crippen LogP contribution in [0.3, 0.4) is 0 Å². The van der Waals surface area contributed by atoms with Crippen molar-refractivity contribution in [2.45, 2.75) is 44.9 Å². The number of aromatic nitrogens is 1. The van der Waals surface area contributed by atoms with Gasteiger partial charge in [-0.1, -0.05) is 11.6 Å². The number of carboxylic acid groups (broad SMARTS) is 1. The molecule has 0 spiro atoms. The number of ether oxygens (including phenoxy) is 1. The van der Waals surface area contributed by atoms with Gasteiger partial charge in [-0.25, -0.2) is 0 Å². The van der Waals surface area contributed by atoms with Crippen molar-refractivity contribution in [1.29, 1.82) is 0 Å². The lowest BCUT2D eigenvalue weighted by Crippen LogP contribution is -2.28. The van der Waals surface area contributed by atoms with Gasteiger partial charge in [0.2, 0.25) is 0 Å². The van der Waals surface area contributed by atoms with E-state index >= 15 is 0 Å². The second-order valence-electron chi connectivity index (χ2n) is 8.88.